The molecule has 0 spiro atoms. The van der Waals surface area contributed by atoms with Crippen LogP contribution in [0.15, 0.2) is 47.8 Å². The van der Waals surface area contributed by atoms with E-state index in [0.717, 1.165) is 28.8 Å². The summed E-state index contributed by atoms with van der Waals surface area (Å²) in [5, 5.41) is 8.59. The summed E-state index contributed by atoms with van der Waals surface area (Å²) in [6.45, 7) is 1.86. The fourth-order valence-corrected chi connectivity index (χ4v) is 4.75. The van der Waals surface area contributed by atoms with Crippen LogP contribution in [-0.4, -0.2) is 11.8 Å². The van der Waals surface area contributed by atoms with Gasteiger partial charge in [0.25, 0.3) is 5.91 Å². The Morgan fingerprint density at radius 2 is 1.93 bits per heavy atom. The zero-order valence-electron chi connectivity index (χ0n) is 15.2. The van der Waals surface area contributed by atoms with E-state index in [4.69, 9.17) is 0 Å². The topological polar surface area (TPSA) is 58.2 Å². The van der Waals surface area contributed by atoms with Crippen molar-refractivity contribution < 1.29 is 14.0 Å². The number of amides is 2. The number of rotatable bonds is 6. The first kappa shape index (κ1) is 18.8. The van der Waals surface area contributed by atoms with Gasteiger partial charge in [-0.2, -0.15) is 0 Å². The quantitative estimate of drug-likeness (QED) is 0.588. The summed E-state index contributed by atoms with van der Waals surface area (Å²) in [7, 11) is 0. The van der Waals surface area contributed by atoms with E-state index in [1.807, 2.05) is 30.5 Å². The molecule has 28 heavy (non-hydrogen) atoms. The second kappa shape index (κ2) is 7.85. The maximum atomic E-state index is 13.3. The number of thiophene rings is 2. The van der Waals surface area contributed by atoms with Crippen LogP contribution in [0, 0.1) is 18.7 Å². The van der Waals surface area contributed by atoms with Crippen molar-refractivity contribution >= 4 is 39.5 Å². The summed E-state index contributed by atoms with van der Waals surface area (Å²) in [6, 6.07) is 11.5. The molecule has 4 rings (SSSR count). The van der Waals surface area contributed by atoms with Crippen LogP contribution < -0.4 is 10.6 Å². The second-order valence-corrected chi connectivity index (χ2v) is 8.89. The van der Waals surface area contributed by atoms with E-state index in [9.17, 15) is 14.0 Å². The number of carbonyl (C=O) groups excluding carboxylic acids is 2. The highest BCUT2D eigenvalue weighted by molar-refractivity contribution is 7.18. The van der Waals surface area contributed by atoms with Gasteiger partial charge in [0.1, 0.15) is 5.82 Å². The van der Waals surface area contributed by atoms with Crippen LogP contribution in [-0.2, 0) is 4.79 Å². The van der Waals surface area contributed by atoms with E-state index in [1.54, 1.807) is 12.1 Å². The van der Waals surface area contributed by atoms with E-state index >= 15 is 0 Å². The Bertz CT molecular complexity index is 992. The summed E-state index contributed by atoms with van der Waals surface area (Å²) in [6.07, 6.45) is 1.87. The Kier molecular flexibility index (Phi) is 5.28. The third-order valence-corrected chi connectivity index (χ3v) is 6.71. The molecular weight excluding hydrogens is 395 g/mol. The minimum atomic E-state index is -0.362. The van der Waals surface area contributed by atoms with Crippen molar-refractivity contribution in [2.75, 3.05) is 5.32 Å². The molecular formula is C21H19FN2O2S2. The van der Waals surface area contributed by atoms with Gasteiger partial charge in [0.05, 0.1) is 15.9 Å². The van der Waals surface area contributed by atoms with Crippen LogP contribution in [0.25, 0.3) is 0 Å². The summed E-state index contributed by atoms with van der Waals surface area (Å²) < 4.78 is 13.3. The molecule has 2 heterocycles. The summed E-state index contributed by atoms with van der Waals surface area (Å²) in [4.78, 5) is 26.5. The van der Waals surface area contributed by atoms with Crippen LogP contribution in [0.3, 0.4) is 0 Å². The van der Waals surface area contributed by atoms with Crippen molar-refractivity contribution in [3.05, 3.63) is 74.5 Å². The Morgan fingerprint density at radius 3 is 2.57 bits per heavy atom. The molecule has 0 saturated heterocycles. The first-order chi connectivity index (χ1) is 13.5. The summed E-state index contributed by atoms with van der Waals surface area (Å²) in [5.41, 5.74) is 1.63. The highest BCUT2D eigenvalue weighted by atomic mass is 32.1. The fourth-order valence-electron chi connectivity index (χ4n) is 2.96. The number of carbonyl (C=O) groups is 2. The molecule has 1 aliphatic carbocycles. The first-order valence-electron chi connectivity index (χ1n) is 9.02. The molecule has 1 fully saturated rings. The lowest BCUT2D eigenvalue weighted by molar-refractivity contribution is -0.117. The lowest BCUT2D eigenvalue weighted by atomic mass is 10.0. The highest BCUT2D eigenvalue weighted by Crippen LogP contribution is 2.33. The Morgan fingerprint density at radius 1 is 1.18 bits per heavy atom. The number of halogens is 1. The molecule has 1 aliphatic rings. The molecule has 1 aromatic carbocycles. The zero-order valence-corrected chi connectivity index (χ0v) is 16.8. The SMILES string of the molecule is Cc1cc(NC(=O)C2CC2)sc1C(=O)NC(c1ccc(F)cc1)c1cccs1. The number of hydrogen-bond donors (Lipinski definition) is 2. The van der Waals surface area contributed by atoms with Gasteiger partial charge < -0.3 is 10.6 Å². The van der Waals surface area contributed by atoms with Gasteiger partial charge in [0, 0.05) is 10.8 Å². The average Bonchev–Trinajstić information content (AvgIpc) is 3.27. The van der Waals surface area contributed by atoms with E-state index in [2.05, 4.69) is 10.6 Å². The van der Waals surface area contributed by atoms with Crippen molar-refractivity contribution in [2.45, 2.75) is 25.8 Å². The Hall–Kier alpha value is -2.51. The number of hydrogen-bond acceptors (Lipinski definition) is 4. The number of anilines is 1. The largest absolute Gasteiger partial charge is 0.340 e. The standard InChI is InChI=1S/C21H19FN2O2S2/c1-12-11-17(23-20(25)14-4-5-14)28-19(12)21(26)24-18(16-3-2-10-27-16)13-6-8-15(22)9-7-13/h2-3,6-11,14,18H,4-5H2,1H3,(H,23,25)(H,24,26). The second-order valence-electron chi connectivity index (χ2n) is 6.86. The van der Waals surface area contributed by atoms with Gasteiger partial charge in [-0.05, 0) is 60.5 Å². The van der Waals surface area contributed by atoms with Crippen molar-refractivity contribution in [3.63, 3.8) is 0 Å². The van der Waals surface area contributed by atoms with Gasteiger partial charge in [-0.1, -0.05) is 18.2 Å². The molecule has 7 heteroatoms. The predicted octanol–water partition coefficient (Wildman–Crippen LogP) is 5.13. The van der Waals surface area contributed by atoms with Gasteiger partial charge in [-0.25, -0.2) is 4.39 Å². The normalized spacial score (nSPS) is 14.5. The molecule has 0 aliphatic heterocycles. The maximum Gasteiger partial charge on any atom is 0.262 e. The van der Waals surface area contributed by atoms with Gasteiger partial charge in [0.15, 0.2) is 0 Å². The minimum absolute atomic E-state index is 0.0241. The molecule has 1 unspecified atom stereocenters. The first-order valence-corrected chi connectivity index (χ1v) is 10.7. The zero-order chi connectivity index (χ0) is 19.7. The van der Waals surface area contributed by atoms with Crippen LogP contribution in [0.4, 0.5) is 9.39 Å². The molecule has 2 N–H and O–H groups in total. The molecule has 1 atom stereocenters. The number of nitrogens with one attached hydrogen (secondary N) is 2. The van der Waals surface area contributed by atoms with Gasteiger partial charge >= 0.3 is 0 Å². The van der Waals surface area contributed by atoms with Crippen LogP contribution in [0.1, 0.15) is 44.6 Å². The van der Waals surface area contributed by atoms with Crippen molar-refractivity contribution in [3.8, 4) is 0 Å². The third kappa shape index (κ3) is 4.15. The van der Waals surface area contributed by atoms with Crippen molar-refractivity contribution in [2.24, 2.45) is 5.92 Å². The molecule has 2 aromatic heterocycles. The maximum absolute atomic E-state index is 13.3. The van der Waals surface area contributed by atoms with Gasteiger partial charge in [0.2, 0.25) is 5.91 Å². The van der Waals surface area contributed by atoms with Gasteiger partial charge in [-0.15, -0.1) is 22.7 Å². The van der Waals surface area contributed by atoms with Crippen molar-refractivity contribution in [1.82, 2.24) is 5.32 Å². The Labute approximate surface area is 170 Å². The lowest BCUT2D eigenvalue weighted by Crippen LogP contribution is -2.28. The van der Waals surface area contributed by atoms with E-state index in [1.165, 1.54) is 34.8 Å². The predicted molar refractivity (Wildman–Crippen MR) is 110 cm³/mol. The molecule has 0 bridgehead atoms. The van der Waals surface area contributed by atoms with E-state index < -0.39 is 0 Å². The molecule has 4 nitrogen and oxygen atoms in total. The summed E-state index contributed by atoms with van der Waals surface area (Å²) in [5.74, 6) is -0.389. The van der Waals surface area contributed by atoms with Crippen LogP contribution in [0.2, 0.25) is 0 Å². The van der Waals surface area contributed by atoms with Crippen LogP contribution >= 0.6 is 22.7 Å². The smallest absolute Gasteiger partial charge is 0.262 e. The van der Waals surface area contributed by atoms with Crippen LogP contribution in [0.5, 0.6) is 0 Å². The fraction of sp³-hybridized carbons (Fsp3) is 0.238. The monoisotopic (exact) mass is 414 g/mol. The summed E-state index contributed by atoms with van der Waals surface area (Å²) >= 11 is 2.81. The Balaban J connectivity index is 1.55. The van der Waals surface area contributed by atoms with E-state index in [0.29, 0.717) is 9.88 Å². The van der Waals surface area contributed by atoms with E-state index in [-0.39, 0.29) is 29.6 Å². The molecule has 3 aromatic rings. The van der Waals surface area contributed by atoms with Gasteiger partial charge in [-0.3, -0.25) is 9.59 Å². The molecule has 144 valence electrons. The third-order valence-electron chi connectivity index (χ3n) is 4.63. The number of benzene rings is 1. The minimum Gasteiger partial charge on any atom is -0.340 e. The average molecular weight is 415 g/mol. The molecule has 1 saturated carbocycles. The number of aryl methyl sites for hydroxylation is 1. The van der Waals surface area contributed by atoms with Crippen molar-refractivity contribution in [1.29, 1.82) is 0 Å². The highest BCUT2D eigenvalue weighted by Gasteiger charge is 2.30. The molecule has 2 amide bonds. The lowest BCUT2D eigenvalue weighted by Gasteiger charge is -2.18. The molecule has 0 radical (unpaired) electrons.